The Morgan fingerprint density at radius 1 is 1.35 bits per heavy atom. The van der Waals surface area contributed by atoms with E-state index >= 15 is 0 Å². The summed E-state index contributed by atoms with van der Waals surface area (Å²) in [4.78, 5) is 0. The van der Waals surface area contributed by atoms with Crippen molar-refractivity contribution in [3.63, 3.8) is 0 Å². The maximum absolute atomic E-state index is 5.13. The van der Waals surface area contributed by atoms with Crippen LogP contribution in [0.25, 0.3) is 0 Å². The molecule has 0 fully saturated rings. The van der Waals surface area contributed by atoms with Crippen molar-refractivity contribution in [3.05, 3.63) is 40.9 Å². The Morgan fingerprint density at radius 3 is 2.71 bits per heavy atom. The van der Waals surface area contributed by atoms with Crippen molar-refractivity contribution in [1.29, 1.82) is 0 Å². The first-order chi connectivity index (χ1) is 8.29. The largest absolute Gasteiger partial charge is 0.497 e. The SMILES string of the molecule is COc1ccc(C(C)NCc2csnn2)cc1. The van der Waals surface area contributed by atoms with Crippen molar-refractivity contribution >= 4 is 11.5 Å². The summed E-state index contributed by atoms with van der Waals surface area (Å²) in [5.41, 5.74) is 2.21. The number of methoxy groups -OCH3 is 1. The minimum atomic E-state index is 0.280. The molecule has 1 aromatic carbocycles. The summed E-state index contributed by atoms with van der Waals surface area (Å²) in [5.74, 6) is 0.879. The molecule has 0 saturated carbocycles. The molecule has 1 N–H and O–H groups in total. The van der Waals surface area contributed by atoms with E-state index in [2.05, 4.69) is 34.0 Å². The van der Waals surface area contributed by atoms with E-state index in [1.807, 2.05) is 17.5 Å². The highest BCUT2D eigenvalue weighted by Crippen LogP contribution is 2.17. The van der Waals surface area contributed by atoms with Gasteiger partial charge in [0, 0.05) is 18.0 Å². The summed E-state index contributed by atoms with van der Waals surface area (Å²) in [5, 5.41) is 9.35. The Labute approximate surface area is 105 Å². The van der Waals surface area contributed by atoms with Crippen LogP contribution in [0.2, 0.25) is 0 Å². The average molecular weight is 249 g/mol. The predicted octanol–water partition coefficient (Wildman–Crippen LogP) is 2.40. The van der Waals surface area contributed by atoms with Gasteiger partial charge in [-0.3, -0.25) is 0 Å². The Kier molecular flexibility index (Phi) is 4.06. The zero-order valence-corrected chi connectivity index (χ0v) is 10.7. The van der Waals surface area contributed by atoms with Gasteiger partial charge in [-0.2, -0.15) is 0 Å². The second-order valence-corrected chi connectivity index (χ2v) is 4.38. The Balaban J connectivity index is 1.92. The highest BCUT2D eigenvalue weighted by Gasteiger charge is 2.05. The van der Waals surface area contributed by atoms with E-state index in [0.717, 1.165) is 18.0 Å². The van der Waals surface area contributed by atoms with Crippen LogP contribution in [-0.4, -0.2) is 16.7 Å². The molecule has 5 heteroatoms. The van der Waals surface area contributed by atoms with Gasteiger partial charge in [-0.05, 0) is 36.2 Å². The smallest absolute Gasteiger partial charge is 0.118 e. The zero-order valence-electron chi connectivity index (χ0n) is 9.88. The highest BCUT2D eigenvalue weighted by molar-refractivity contribution is 7.03. The van der Waals surface area contributed by atoms with Crippen molar-refractivity contribution in [2.45, 2.75) is 19.5 Å². The average Bonchev–Trinajstić information content (AvgIpc) is 2.89. The van der Waals surface area contributed by atoms with E-state index in [4.69, 9.17) is 4.74 Å². The van der Waals surface area contributed by atoms with Gasteiger partial charge in [-0.25, -0.2) is 0 Å². The van der Waals surface area contributed by atoms with E-state index in [1.165, 1.54) is 17.1 Å². The molecule has 0 saturated heterocycles. The van der Waals surface area contributed by atoms with Crippen molar-refractivity contribution in [2.24, 2.45) is 0 Å². The molecule has 2 aromatic rings. The summed E-state index contributed by atoms with van der Waals surface area (Å²) in [6, 6.07) is 8.35. The quantitative estimate of drug-likeness (QED) is 0.884. The molecule has 0 amide bonds. The van der Waals surface area contributed by atoms with E-state index in [-0.39, 0.29) is 6.04 Å². The summed E-state index contributed by atoms with van der Waals surface area (Å²) in [6.07, 6.45) is 0. The minimum Gasteiger partial charge on any atom is -0.497 e. The third-order valence-electron chi connectivity index (χ3n) is 2.61. The van der Waals surface area contributed by atoms with Crippen LogP contribution in [0.5, 0.6) is 5.75 Å². The van der Waals surface area contributed by atoms with Crippen LogP contribution in [-0.2, 0) is 6.54 Å². The molecular formula is C12H15N3OS. The standard InChI is InChI=1S/C12H15N3OS/c1-9(13-7-11-8-17-15-14-11)10-3-5-12(16-2)6-4-10/h3-6,8-9,13H,7H2,1-2H3. The van der Waals surface area contributed by atoms with Crippen molar-refractivity contribution in [2.75, 3.05) is 7.11 Å². The minimum absolute atomic E-state index is 0.280. The Bertz CT molecular complexity index is 441. The summed E-state index contributed by atoms with van der Waals surface area (Å²) in [7, 11) is 1.67. The first kappa shape index (κ1) is 12.0. The number of aromatic nitrogens is 2. The normalized spacial score (nSPS) is 12.4. The van der Waals surface area contributed by atoms with Crippen molar-refractivity contribution < 1.29 is 4.74 Å². The number of nitrogens with zero attached hydrogens (tertiary/aromatic N) is 2. The number of nitrogens with one attached hydrogen (secondary N) is 1. The van der Waals surface area contributed by atoms with Crippen LogP contribution in [0.15, 0.2) is 29.6 Å². The Hall–Kier alpha value is -1.46. The van der Waals surface area contributed by atoms with Gasteiger partial charge in [0.05, 0.1) is 12.8 Å². The van der Waals surface area contributed by atoms with Crippen LogP contribution >= 0.6 is 11.5 Å². The fraction of sp³-hybridized carbons (Fsp3) is 0.333. The lowest BCUT2D eigenvalue weighted by Crippen LogP contribution is -2.18. The predicted molar refractivity (Wildman–Crippen MR) is 68.2 cm³/mol. The molecule has 1 heterocycles. The van der Waals surface area contributed by atoms with E-state index in [9.17, 15) is 0 Å². The van der Waals surface area contributed by atoms with Crippen LogP contribution < -0.4 is 10.1 Å². The van der Waals surface area contributed by atoms with Gasteiger partial charge in [0.15, 0.2) is 0 Å². The van der Waals surface area contributed by atoms with Crippen LogP contribution in [0.1, 0.15) is 24.2 Å². The summed E-state index contributed by atoms with van der Waals surface area (Å²) >= 11 is 1.37. The van der Waals surface area contributed by atoms with E-state index in [1.54, 1.807) is 7.11 Å². The molecule has 0 aliphatic carbocycles. The highest BCUT2D eigenvalue weighted by atomic mass is 32.1. The molecule has 0 spiro atoms. The third kappa shape index (κ3) is 3.25. The maximum atomic E-state index is 5.13. The monoisotopic (exact) mass is 249 g/mol. The molecule has 4 nitrogen and oxygen atoms in total. The topological polar surface area (TPSA) is 47.0 Å². The third-order valence-corrected chi connectivity index (χ3v) is 3.16. The van der Waals surface area contributed by atoms with E-state index < -0.39 is 0 Å². The molecule has 90 valence electrons. The van der Waals surface area contributed by atoms with Gasteiger partial charge in [-0.15, -0.1) is 5.10 Å². The second-order valence-electron chi connectivity index (χ2n) is 3.77. The molecule has 2 rings (SSSR count). The lowest BCUT2D eigenvalue weighted by Gasteiger charge is -2.13. The fourth-order valence-corrected chi connectivity index (χ4v) is 1.98. The summed E-state index contributed by atoms with van der Waals surface area (Å²) in [6.45, 7) is 2.87. The van der Waals surface area contributed by atoms with Gasteiger partial charge >= 0.3 is 0 Å². The van der Waals surface area contributed by atoms with Gasteiger partial charge in [0.25, 0.3) is 0 Å². The molecule has 1 unspecified atom stereocenters. The second kappa shape index (κ2) is 5.75. The lowest BCUT2D eigenvalue weighted by atomic mass is 10.1. The molecule has 17 heavy (non-hydrogen) atoms. The van der Waals surface area contributed by atoms with Crippen LogP contribution in [0.3, 0.4) is 0 Å². The van der Waals surface area contributed by atoms with Gasteiger partial charge < -0.3 is 10.1 Å². The molecule has 0 aliphatic heterocycles. The first-order valence-corrected chi connectivity index (χ1v) is 6.26. The van der Waals surface area contributed by atoms with Gasteiger partial charge in [0.2, 0.25) is 0 Å². The Morgan fingerprint density at radius 2 is 2.12 bits per heavy atom. The lowest BCUT2D eigenvalue weighted by molar-refractivity contribution is 0.414. The van der Waals surface area contributed by atoms with Crippen molar-refractivity contribution in [3.8, 4) is 5.75 Å². The number of ether oxygens (including phenoxy) is 1. The zero-order chi connectivity index (χ0) is 12.1. The molecule has 1 aromatic heterocycles. The molecule has 0 radical (unpaired) electrons. The molecular weight excluding hydrogens is 234 g/mol. The number of hydrogen-bond donors (Lipinski definition) is 1. The van der Waals surface area contributed by atoms with Crippen molar-refractivity contribution in [1.82, 2.24) is 14.9 Å². The maximum Gasteiger partial charge on any atom is 0.118 e. The van der Waals surface area contributed by atoms with Gasteiger partial charge in [0.1, 0.15) is 5.75 Å². The number of hydrogen-bond acceptors (Lipinski definition) is 5. The number of rotatable bonds is 5. The fourth-order valence-electron chi connectivity index (χ4n) is 1.53. The molecule has 0 bridgehead atoms. The first-order valence-electron chi connectivity index (χ1n) is 5.43. The molecule has 0 aliphatic rings. The van der Waals surface area contributed by atoms with Crippen LogP contribution in [0.4, 0.5) is 0 Å². The molecule has 1 atom stereocenters. The van der Waals surface area contributed by atoms with Gasteiger partial charge in [-0.1, -0.05) is 16.6 Å². The van der Waals surface area contributed by atoms with Crippen LogP contribution in [0, 0.1) is 0 Å². The van der Waals surface area contributed by atoms with E-state index in [0.29, 0.717) is 0 Å². The summed E-state index contributed by atoms with van der Waals surface area (Å²) < 4.78 is 8.96. The number of benzene rings is 1.